The van der Waals surface area contributed by atoms with Crippen LogP contribution in [0.1, 0.15) is 5.69 Å². The van der Waals surface area contributed by atoms with E-state index in [4.69, 9.17) is 19.1 Å². The first-order valence-corrected chi connectivity index (χ1v) is 9.78. The SMILES string of the molecule is Cc1cc(N2CCOCC2)nc(N2CCN(c3nccc4occc34)CC2)n1. The smallest absolute Gasteiger partial charge is 0.227 e. The van der Waals surface area contributed by atoms with Crippen molar-refractivity contribution in [2.24, 2.45) is 0 Å². The lowest BCUT2D eigenvalue weighted by atomic mass is 10.2. The molecule has 3 aromatic rings. The zero-order valence-corrected chi connectivity index (χ0v) is 16.0. The van der Waals surface area contributed by atoms with Crippen molar-refractivity contribution in [3.05, 3.63) is 36.4 Å². The van der Waals surface area contributed by atoms with Crippen molar-refractivity contribution in [3.8, 4) is 0 Å². The number of nitrogens with zero attached hydrogens (tertiary/aromatic N) is 6. The number of fused-ring (bicyclic) bond motifs is 1. The molecule has 0 bridgehead atoms. The Morgan fingerprint density at radius 2 is 1.68 bits per heavy atom. The summed E-state index contributed by atoms with van der Waals surface area (Å²) in [7, 11) is 0. The number of hydrogen-bond donors (Lipinski definition) is 0. The Morgan fingerprint density at radius 1 is 0.893 bits per heavy atom. The molecule has 8 heteroatoms. The van der Waals surface area contributed by atoms with Crippen molar-refractivity contribution in [3.63, 3.8) is 0 Å². The average Bonchev–Trinajstić information content (AvgIpc) is 3.23. The Labute approximate surface area is 163 Å². The molecular weight excluding hydrogens is 356 g/mol. The first kappa shape index (κ1) is 17.2. The normalized spacial score (nSPS) is 18.1. The molecule has 0 unspecified atom stereocenters. The monoisotopic (exact) mass is 380 g/mol. The molecule has 0 spiro atoms. The van der Waals surface area contributed by atoms with Crippen LogP contribution in [0.15, 0.2) is 35.1 Å². The number of aryl methyl sites for hydroxylation is 1. The van der Waals surface area contributed by atoms with E-state index in [2.05, 4.69) is 25.8 Å². The average molecular weight is 380 g/mol. The Morgan fingerprint density at radius 3 is 2.50 bits per heavy atom. The number of rotatable bonds is 3. The Hall–Kier alpha value is -2.87. The number of piperazine rings is 1. The highest BCUT2D eigenvalue weighted by molar-refractivity contribution is 5.88. The summed E-state index contributed by atoms with van der Waals surface area (Å²) in [6.07, 6.45) is 3.53. The van der Waals surface area contributed by atoms with Gasteiger partial charge in [0.1, 0.15) is 17.2 Å². The van der Waals surface area contributed by atoms with Crippen LogP contribution in [-0.2, 0) is 4.74 Å². The van der Waals surface area contributed by atoms with Crippen LogP contribution in [0.4, 0.5) is 17.6 Å². The van der Waals surface area contributed by atoms with Crippen molar-refractivity contribution < 1.29 is 9.15 Å². The van der Waals surface area contributed by atoms with Gasteiger partial charge in [-0.2, -0.15) is 4.98 Å². The van der Waals surface area contributed by atoms with Gasteiger partial charge >= 0.3 is 0 Å². The van der Waals surface area contributed by atoms with Gasteiger partial charge in [0.05, 0.1) is 24.9 Å². The topological polar surface area (TPSA) is 70.8 Å². The van der Waals surface area contributed by atoms with Crippen LogP contribution in [0.5, 0.6) is 0 Å². The van der Waals surface area contributed by atoms with Gasteiger partial charge in [-0.3, -0.25) is 0 Å². The van der Waals surface area contributed by atoms with E-state index >= 15 is 0 Å². The number of aromatic nitrogens is 3. The summed E-state index contributed by atoms with van der Waals surface area (Å²) in [4.78, 5) is 21.0. The molecule has 0 aromatic carbocycles. The Kier molecular flexibility index (Phi) is 4.48. The predicted molar refractivity (Wildman–Crippen MR) is 108 cm³/mol. The molecule has 2 fully saturated rings. The summed E-state index contributed by atoms with van der Waals surface area (Å²) in [6.45, 7) is 8.78. The van der Waals surface area contributed by atoms with Crippen LogP contribution in [0.25, 0.3) is 11.0 Å². The molecule has 2 aliphatic rings. The second-order valence-electron chi connectivity index (χ2n) is 7.21. The van der Waals surface area contributed by atoms with Gasteiger partial charge < -0.3 is 23.9 Å². The summed E-state index contributed by atoms with van der Waals surface area (Å²) in [6, 6.07) is 5.96. The quantitative estimate of drug-likeness (QED) is 0.684. The predicted octanol–water partition coefficient (Wildman–Crippen LogP) is 2.09. The first-order chi connectivity index (χ1) is 13.8. The van der Waals surface area contributed by atoms with E-state index in [-0.39, 0.29) is 0 Å². The molecule has 8 nitrogen and oxygen atoms in total. The highest BCUT2D eigenvalue weighted by Gasteiger charge is 2.23. The third-order valence-corrected chi connectivity index (χ3v) is 5.38. The van der Waals surface area contributed by atoms with Gasteiger partial charge in [0.2, 0.25) is 5.95 Å². The van der Waals surface area contributed by atoms with E-state index in [0.29, 0.717) is 0 Å². The lowest BCUT2D eigenvalue weighted by Gasteiger charge is -2.36. The van der Waals surface area contributed by atoms with Crippen LogP contribution in [0.2, 0.25) is 0 Å². The van der Waals surface area contributed by atoms with Gasteiger partial charge in [-0.25, -0.2) is 9.97 Å². The maximum absolute atomic E-state index is 5.51. The van der Waals surface area contributed by atoms with Gasteiger partial charge in [-0.1, -0.05) is 0 Å². The fourth-order valence-corrected chi connectivity index (χ4v) is 3.88. The number of ether oxygens (including phenoxy) is 1. The fraction of sp³-hybridized carbons (Fsp3) is 0.450. The molecule has 5 rings (SSSR count). The minimum absolute atomic E-state index is 0.754. The highest BCUT2D eigenvalue weighted by Crippen LogP contribution is 2.27. The largest absolute Gasteiger partial charge is 0.464 e. The molecule has 0 N–H and O–H groups in total. The standard InChI is InChI=1S/C20H24N6O2/c1-15-14-18(24-9-12-27-13-10-24)23-20(22-15)26-7-5-25(6-8-26)19-16-3-11-28-17(16)2-4-21-19/h2-4,11,14H,5-10,12-13H2,1H3. The van der Waals surface area contributed by atoms with Crippen molar-refractivity contribution in [2.75, 3.05) is 67.2 Å². The summed E-state index contributed by atoms with van der Waals surface area (Å²) in [5.74, 6) is 2.80. The van der Waals surface area contributed by atoms with Crippen molar-refractivity contribution >= 4 is 28.6 Å². The number of morpholine rings is 1. The van der Waals surface area contributed by atoms with E-state index in [1.807, 2.05) is 25.3 Å². The lowest BCUT2D eigenvalue weighted by Crippen LogP contribution is -2.47. The van der Waals surface area contributed by atoms with Crippen LogP contribution in [0, 0.1) is 6.92 Å². The molecule has 2 aliphatic heterocycles. The van der Waals surface area contributed by atoms with Crippen molar-refractivity contribution in [1.82, 2.24) is 15.0 Å². The number of furan rings is 1. The summed E-state index contributed by atoms with van der Waals surface area (Å²) in [5, 5.41) is 1.07. The summed E-state index contributed by atoms with van der Waals surface area (Å²) >= 11 is 0. The minimum Gasteiger partial charge on any atom is -0.464 e. The number of anilines is 3. The fourth-order valence-electron chi connectivity index (χ4n) is 3.88. The van der Waals surface area contributed by atoms with E-state index in [0.717, 1.165) is 86.7 Å². The maximum Gasteiger partial charge on any atom is 0.227 e. The molecule has 0 atom stereocenters. The van der Waals surface area contributed by atoms with Crippen LogP contribution in [-0.4, -0.2) is 67.4 Å². The molecule has 0 amide bonds. The van der Waals surface area contributed by atoms with E-state index < -0.39 is 0 Å². The minimum atomic E-state index is 0.754. The van der Waals surface area contributed by atoms with E-state index in [1.54, 1.807) is 6.26 Å². The lowest BCUT2D eigenvalue weighted by molar-refractivity contribution is 0.122. The molecule has 0 saturated carbocycles. The second-order valence-corrected chi connectivity index (χ2v) is 7.21. The highest BCUT2D eigenvalue weighted by atomic mass is 16.5. The Balaban J connectivity index is 1.33. The summed E-state index contributed by atoms with van der Waals surface area (Å²) in [5.41, 5.74) is 1.88. The van der Waals surface area contributed by atoms with Gasteiger partial charge in [-0.15, -0.1) is 0 Å². The third kappa shape index (κ3) is 3.24. The van der Waals surface area contributed by atoms with Gasteiger partial charge in [-0.05, 0) is 19.1 Å². The molecule has 146 valence electrons. The number of pyridine rings is 1. The molecule has 3 aromatic heterocycles. The van der Waals surface area contributed by atoms with E-state index in [9.17, 15) is 0 Å². The molecule has 0 aliphatic carbocycles. The molecular formula is C20H24N6O2. The zero-order chi connectivity index (χ0) is 18.9. The van der Waals surface area contributed by atoms with Crippen molar-refractivity contribution in [1.29, 1.82) is 0 Å². The Bertz CT molecular complexity index is 960. The molecule has 28 heavy (non-hydrogen) atoms. The first-order valence-electron chi connectivity index (χ1n) is 9.78. The van der Waals surface area contributed by atoms with Crippen LogP contribution in [0.3, 0.4) is 0 Å². The zero-order valence-electron chi connectivity index (χ0n) is 16.0. The van der Waals surface area contributed by atoms with E-state index in [1.165, 1.54) is 0 Å². The molecule has 0 radical (unpaired) electrons. The molecule has 2 saturated heterocycles. The maximum atomic E-state index is 5.51. The summed E-state index contributed by atoms with van der Waals surface area (Å²) < 4.78 is 11.0. The molecule has 5 heterocycles. The van der Waals surface area contributed by atoms with Crippen LogP contribution < -0.4 is 14.7 Å². The van der Waals surface area contributed by atoms with Crippen molar-refractivity contribution in [2.45, 2.75) is 6.92 Å². The third-order valence-electron chi connectivity index (χ3n) is 5.38. The van der Waals surface area contributed by atoms with Gasteiger partial charge in [0.15, 0.2) is 0 Å². The second kappa shape index (κ2) is 7.27. The van der Waals surface area contributed by atoms with Crippen LogP contribution >= 0.6 is 0 Å². The number of hydrogen-bond acceptors (Lipinski definition) is 8. The van der Waals surface area contributed by atoms with Gasteiger partial charge in [0, 0.05) is 57.2 Å². The van der Waals surface area contributed by atoms with Gasteiger partial charge in [0.25, 0.3) is 0 Å².